The van der Waals surface area contributed by atoms with Crippen LogP contribution < -0.4 is 10.1 Å². The second-order valence-corrected chi connectivity index (χ2v) is 6.42. The Hall–Kier alpha value is -1.50. The predicted octanol–water partition coefficient (Wildman–Crippen LogP) is 2.70. The summed E-state index contributed by atoms with van der Waals surface area (Å²) in [6.07, 6.45) is 2.30. The molecule has 104 valence electrons. The Labute approximate surface area is 116 Å². The molecule has 1 fully saturated rings. The number of methoxy groups -OCH3 is 1. The summed E-state index contributed by atoms with van der Waals surface area (Å²) in [5, 5.41) is 14.1. The first kappa shape index (κ1) is 13.9. The Morgan fingerprint density at radius 1 is 1.63 bits per heavy atom. The van der Waals surface area contributed by atoms with E-state index in [1.807, 2.05) is 11.8 Å². The lowest BCUT2D eigenvalue weighted by Gasteiger charge is -2.23. The van der Waals surface area contributed by atoms with Crippen LogP contribution in [0.25, 0.3) is 0 Å². The molecule has 0 saturated carbocycles. The minimum absolute atomic E-state index is 0.0209. The summed E-state index contributed by atoms with van der Waals surface area (Å²) in [7, 11) is 1.49. The number of aromatic nitrogens is 1. The fourth-order valence-electron chi connectivity index (χ4n) is 2.07. The molecule has 0 bridgehead atoms. The van der Waals surface area contributed by atoms with Crippen LogP contribution in [0.4, 0.5) is 11.5 Å². The van der Waals surface area contributed by atoms with Gasteiger partial charge in [-0.1, -0.05) is 0 Å². The molecule has 0 spiro atoms. The quantitative estimate of drug-likeness (QED) is 0.661. The fraction of sp³-hybridized carbons (Fsp3) is 0.583. The molecule has 1 aliphatic rings. The van der Waals surface area contributed by atoms with E-state index in [-0.39, 0.29) is 16.3 Å². The third kappa shape index (κ3) is 3.28. The van der Waals surface area contributed by atoms with Crippen molar-refractivity contribution in [3.63, 3.8) is 0 Å². The average molecular weight is 283 g/mol. The molecule has 0 radical (unpaired) electrons. The van der Waals surface area contributed by atoms with Gasteiger partial charge in [-0.25, -0.2) is 0 Å². The second kappa shape index (κ2) is 5.64. The topological polar surface area (TPSA) is 77.3 Å². The van der Waals surface area contributed by atoms with Crippen LogP contribution in [0.3, 0.4) is 0 Å². The molecule has 1 aromatic heterocycles. The van der Waals surface area contributed by atoms with Crippen molar-refractivity contribution in [2.24, 2.45) is 0 Å². The maximum atomic E-state index is 11.0. The maximum Gasteiger partial charge on any atom is 0.311 e. The van der Waals surface area contributed by atoms with Crippen molar-refractivity contribution in [3.8, 4) is 5.88 Å². The molecular weight excluding hydrogens is 266 g/mol. The average Bonchev–Trinajstić information content (AvgIpc) is 2.83. The van der Waals surface area contributed by atoms with Crippen molar-refractivity contribution in [1.29, 1.82) is 0 Å². The molecule has 1 atom stereocenters. The van der Waals surface area contributed by atoms with Crippen LogP contribution in [0.1, 0.15) is 19.8 Å². The first-order chi connectivity index (χ1) is 9.04. The van der Waals surface area contributed by atoms with Gasteiger partial charge in [-0.3, -0.25) is 10.1 Å². The minimum atomic E-state index is -0.432. The number of pyridine rings is 1. The minimum Gasteiger partial charge on any atom is -0.481 e. The zero-order valence-electron chi connectivity index (χ0n) is 11.0. The number of hydrogen-bond donors (Lipinski definition) is 1. The van der Waals surface area contributed by atoms with Gasteiger partial charge in [0.1, 0.15) is 0 Å². The van der Waals surface area contributed by atoms with Gasteiger partial charge in [0.05, 0.1) is 12.0 Å². The first-order valence-electron chi connectivity index (χ1n) is 6.11. The molecule has 7 heteroatoms. The number of nitrogens with zero attached hydrogens (tertiary/aromatic N) is 2. The summed E-state index contributed by atoms with van der Waals surface area (Å²) < 4.78 is 5.13. The van der Waals surface area contributed by atoms with Crippen LogP contribution in [0.5, 0.6) is 5.88 Å². The highest BCUT2D eigenvalue weighted by Gasteiger charge is 2.30. The van der Waals surface area contributed by atoms with E-state index < -0.39 is 4.92 Å². The predicted molar refractivity (Wildman–Crippen MR) is 76.0 cm³/mol. The second-order valence-electron chi connectivity index (χ2n) is 4.73. The standard InChI is InChI=1S/C12H17N3O3S/c1-12(6-3-7-19-12)8-13-11-9(15(16)17)4-5-10(14-11)18-2/h4-5H,3,6-8H2,1-2H3,(H,13,14). The zero-order chi connectivity index (χ0) is 13.9. The van der Waals surface area contributed by atoms with Gasteiger partial charge in [-0.15, -0.1) is 0 Å². The lowest BCUT2D eigenvalue weighted by molar-refractivity contribution is -0.384. The summed E-state index contributed by atoms with van der Waals surface area (Å²) >= 11 is 1.90. The molecule has 2 rings (SSSR count). The van der Waals surface area contributed by atoms with Crippen LogP contribution in [-0.4, -0.2) is 34.1 Å². The van der Waals surface area contributed by atoms with Crippen molar-refractivity contribution in [2.75, 3.05) is 24.7 Å². The third-order valence-electron chi connectivity index (χ3n) is 3.18. The van der Waals surface area contributed by atoms with Gasteiger partial charge in [0.25, 0.3) is 0 Å². The Balaban J connectivity index is 2.15. The Morgan fingerprint density at radius 3 is 3.00 bits per heavy atom. The molecule has 0 aromatic carbocycles. The lowest BCUT2D eigenvalue weighted by Crippen LogP contribution is -2.27. The summed E-state index contributed by atoms with van der Waals surface area (Å²) in [6.45, 7) is 2.84. The summed E-state index contributed by atoms with van der Waals surface area (Å²) in [4.78, 5) is 14.7. The van der Waals surface area contributed by atoms with Crippen LogP contribution in [0.2, 0.25) is 0 Å². The Kier molecular flexibility index (Phi) is 4.14. The largest absolute Gasteiger partial charge is 0.481 e. The molecule has 1 N–H and O–H groups in total. The van der Waals surface area contributed by atoms with Gasteiger partial charge in [-0.05, 0) is 25.5 Å². The molecule has 0 aliphatic carbocycles. The van der Waals surface area contributed by atoms with E-state index in [0.29, 0.717) is 12.4 Å². The molecule has 6 nitrogen and oxygen atoms in total. The monoisotopic (exact) mass is 283 g/mol. The molecular formula is C12H17N3O3S. The molecule has 19 heavy (non-hydrogen) atoms. The molecule has 1 unspecified atom stereocenters. The van der Waals surface area contributed by atoms with Gasteiger partial charge in [0.2, 0.25) is 11.7 Å². The Morgan fingerprint density at radius 2 is 2.42 bits per heavy atom. The van der Waals surface area contributed by atoms with Gasteiger partial charge in [0.15, 0.2) is 0 Å². The van der Waals surface area contributed by atoms with E-state index >= 15 is 0 Å². The van der Waals surface area contributed by atoms with Crippen LogP contribution in [0.15, 0.2) is 12.1 Å². The summed E-state index contributed by atoms with van der Waals surface area (Å²) in [6, 6.07) is 2.91. The van der Waals surface area contributed by atoms with Crippen molar-refractivity contribution in [1.82, 2.24) is 4.98 Å². The van der Waals surface area contributed by atoms with E-state index in [0.717, 1.165) is 12.2 Å². The molecule has 1 saturated heterocycles. The fourth-order valence-corrected chi connectivity index (χ4v) is 3.32. The smallest absolute Gasteiger partial charge is 0.311 e. The van der Waals surface area contributed by atoms with Crippen molar-refractivity contribution >= 4 is 23.3 Å². The number of anilines is 1. The van der Waals surface area contributed by atoms with Gasteiger partial charge >= 0.3 is 5.69 Å². The number of ether oxygens (including phenoxy) is 1. The number of rotatable bonds is 5. The lowest BCUT2D eigenvalue weighted by atomic mass is 10.1. The number of nitrogens with one attached hydrogen (secondary N) is 1. The number of hydrogen-bond acceptors (Lipinski definition) is 6. The van der Waals surface area contributed by atoms with Gasteiger partial charge in [-0.2, -0.15) is 16.7 Å². The normalized spacial score (nSPS) is 22.2. The Bertz CT molecular complexity index is 475. The van der Waals surface area contributed by atoms with E-state index in [1.165, 1.54) is 25.7 Å². The van der Waals surface area contributed by atoms with E-state index in [9.17, 15) is 10.1 Å². The number of thioether (sulfide) groups is 1. The van der Waals surface area contributed by atoms with Gasteiger partial charge < -0.3 is 10.1 Å². The van der Waals surface area contributed by atoms with E-state index in [1.54, 1.807) is 0 Å². The molecule has 1 aromatic rings. The highest BCUT2D eigenvalue weighted by atomic mass is 32.2. The van der Waals surface area contributed by atoms with E-state index in [4.69, 9.17) is 4.74 Å². The SMILES string of the molecule is COc1ccc([N+](=O)[O-])c(NCC2(C)CCCS2)n1. The highest BCUT2D eigenvalue weighted by molar-refractivity contribution is 8.00. The number of nitro groups is 1. The third-order valence-corrected chi connectivity index (χ3v) is 4.72. The molecule has 0 amide bonds. The van der Waals surface area contributed by atoms with Crippen molar-refractivity contribution in [3.05, 3.63) is 22.2 Å². The zero-order valence-corrected chi connectivity index (χ0v) is 11.8. The summed E-state index contributed by atoms with van der Waals surface area (Å²) in [5.74, 6) is 1.79. The van der Waals surface area contributed by atoms with Crippen LogP contribution >= 0.6 is 11.8 Å². The van der Waals surface area contributed by atoms with Crippen LogP contribution in [0, 0.1) is 10.1 Å². The highest BCUT2D eigenvalue weighted by Crippen LogP contribution is 2.38. The van der Waals surface area contributed by atoms with Crippen molar-refractivity contribution in [2.45, 2.75) is 24.5 Å². The van der Waals surface area contributed by atoms with Crippen LogP contribution in [-0.2, 0) is 0 Å². The van der Waals surface area contributed by atoms with Gasteiger partial charge in [0, 0.05) is 23.4 Å². The maximum absolute atomic E-state index is 11.0. The summed E-state index contributed by atoms with van der Waals surface area (Å²) in [5.41, 5.74) is -0.0209. The molecule has 2 heterocycles. The molecule has 1 aliphatic heterocycles. The first-order valence-corrected chi connectivity index (χ1v) is 7.10. The van der Waals surface area contributed by atoms with E-state index in [2.05, 4.69) is 17.2 Å². The van der Waals surface area contributed by atoms with Crippen molar-refractivity contribution < 1.29 is 9.66 Å².